The number of nitrogens with one attached hydrogen (secondary N) is 2. The van der Waals surface area contributed by atoms with Crippen molar-refractivity contribution in [3.05, 3.63) is 0 Å². The van der Waals surface area contributed by atoms with Gasteiger partial charge in [-0.05, 0) is 0 Å². The summed E-state index contributed by atoms with van der Waals surface area (Å²) in [4.78, 5) is 0. The van der Waals surface area contributed by atoms with Crippen LogP contribution in [0.15, 0.2) is 0 Å². The van der Waals surface area contributed by atoms with Crippen molar-refractivity contribution in [1.29, 1.82) is 0 Å². The summed E-state index contributed by atoms with van der Waals surface area (Å²) in [5.74, 6) is 0. The van der Waals surface area contributed by atoms with E-state index in [0.717, 1.165) is 26.2 Å². The molecule has 4 N–H and O–H groups in total. The zero-order valence-corrected chi connectivity index (χ0v) is 5.88. The van der Waals surface area contributed by atoms with Gasteiger partial charge in [0.25, 0.3) is 0 Å². The van der Waals surface area contributed by atoms with Gasteiger partial charge in [-0.3, -0.25) is 0 Å². The van der Waals surface area contributed by atoms with E-state index < -0.39 is 0 Å². The Labute approximate surface area is 60.2 Å². The summed E-state index contributed by atoms with van der Waals surface area (Å²) in [6, 6.07) is 0. The molecule has 2 aliphatic heterocycles. The van der Waals surface area contributed by atoms with E-state index in [4.69, 9.17) is 10.2 Å². The van der Waals surface area contributed by atoms with Crippen LogP contribution in [0.4, 0.5) is 0 Å². The molecule has 2 heterocycles. The minimum absolute atomic E-state index is 0.0463. The maximum atomic E-state index is 8.39. The van der Waals surface area contributed by atoms with Crippen molar-refractivity contribution in [3.63, 3.8) is 0 Å². The van der Waals surface area contributed by atoms with Gasteiger partial charge in [0.2, 0.25) is 0 Å². The maximum absolute atomic E-state index is 8.39. The second-order valence-electron chi connectivity index (χ2n) is 2.62. The lowest BCUT2D eigenvalue weighted by molar-refractivity contribution is 0.117. The lowest BCUT2D eigenvalue weighted by Gasteiger charge is -2.20. The first-order valence-electron chi connectivity index (χ1n) is 3.56. The van der Waals surface area contributed by atoms with Crippen molar-refractivity contribution in [3.8, 4) is 0 Å². The Morgan fingerprint density at radius 3 is 1.00 bits per heavy atom. The van der Waals surface area contributed by atoms with E-state index in [1.807, 2.05) is 0 Å². The Morgan fingerprint density at radius 1 is 0.800 bits per heavy atom. The molecule has 10 heavy (non-hydrogen) atoms. The van der Waals surface area contributed by atoms with Crippen molar-refractivity contribution < 1.29 is 10.2 Å². The third kappa shape index (κ3) is 2.62. The monoisotopic (exact) mass is 146 g/mol. The predicted molar refractivity (Wildman–Crippen MR) is 37.8 cm³/mol. The third-order valence-corrected chi connectivity index (χ3v) is 1.52. The van der Waals surface area contributed by atoms with Crippen LogP contribution < -0.4 is 10.6 Å². The second-order valence-corrected chi connectivity index (χ2v) is 2.62. The topological polar surface area (TPSA) is 64.5 Å². The third-order valence-electron chi connectivity index (χ3n) is 1.52. The molecule has 0 aromatic carbocycles. The van der Waals surface area contributed by atoms with Gasteiger partial charge in [-0.15, -0.1) is 0 Å². The zero-order chi connectivity index (χ0) is 7.40. The number of hydrogen-bond acceptors (Lipinski definition) is 4. The number of aliphatic hydroxyl groups excluding tert-OH is 2. The van der Waals surface area contributed by atoms with Crippen molar-refractivity contribution in [2.45, 2.75) is 12.2 Å². The van der Waals surface area contributed by atoms with Crippen LogP contribution in [-0.2, 0) is 0 Å². The molecule has 2 aliphatic rings. The van der Waals surface area contributed by atoms with Crippen LogP contribution in [0.1, 0.15) is 0 Å². The van der Waals surface area contributed by atoms with Crippen molar-refractivity contribution in [2.24, 2.45) is 0 Å². The molecular formula is C6H14N2O2. The van der Waals surface area contributed by atoms with Crippen LogP contribution in [0.3, 0.4) is 0 Å². The first kappa shape index (κ1) is 7.94. The lowest BCUT2D eigenvalue weighted by Crippen LogP contribution is -2.46. The molecule has 0 spiro atoms. The van der Waals surface area contributed by atoms with E-state index in [2.05, 4.69) is 10.6 Å². The number of β-amino-alcohol motifs (C(OH)–C–C–N with tert-alkyl or cyclic N) is 2. The second kappa shape index (κ2) is 3.88. The fourth-order valence-electron chi connectivity index (χ4n) is 0.547. The molecular weight excluding hydrogens is 132 g/mol. The summed E-state index contributed by atoms with van der Waals surface area (Å²) in [6.45, 7) is 3.17. The first-order valence-corrected chi connectivity index (χ1v) is 3.56. The fraction of sp³-hybridized carbons (Fsp3) is 1.00. The summed E-state index contributed by atoms with van der Waals surface area (Å²) in [5.41, 5.74) is 0. The van der Waals surface area contributed by atoms with Gasteiger partial charge in [-0.25, -0.2) is 0 Å². The predicted octanol–water partition coefficient (Wildman–Crippen LogP) is -2.10. The summed E-state index contributed by atoms with van der Waals surface area (Å²) >= 11 is 0. The molecule has 0 amide bonds. The molecule has 4 heteroatoms. The molecule has 2 saturated heterocycles. The summed E-state index contributed by atoms with van der Waals surface area (Å²) in [5, 5.41) is 22.6. The van der Waals surface area contributed by atoms with Crippen molar-refractivity contribution >= 4 is 0 Å². The molecule has 4 nitrogen and oxygen atoms in total. The SMILES string of the molecule is OC1CNC1.OC1CNC1. The van der Waals surface area contributed by atoms with Gasteiger partial charge in [-0.2, -0.15) is 0 Å². The summed E-state index contributed by atoms with van der Waals surface area (Å²) in [7, 11) is 0. The van der Waals surface area contributed by atoms with Gasteiger partial charge >= 0.3 is 0 Å². The highest BCUT2D eigenvalue weighted by Gasteiger charge is 2.10. The molecule has 2 fully saturated rings. The van der Waals surface area contributed by atoms with E-state index in [1.54, 1.807) is 0 Å². The Kier molecular flexibility index (Phi) is 3.08. The van der Waals surface area contributed by atoms with Crippen LogP contribution in [0.5, 0.6) is 0 Å². The molecule has 0 aromatic heterocycles. The zero-order valence-electron chi connectivity index (χ0n) is 5.88. The molecule has 0 bridgehead atoms. The van der Waals surface area contributed by atoms with Crippen LogP contribution in [0.2, 0.25) is 0 Å². The van der Waals surface area contributed by atoms with E-state index in [-0.39, 0.29) is 12.2 Å². The van der Waals surface area contributed by atoms with Crippen LogP contribution in [0.25, 0.3) is 0 Å². The Bertz CT molecular complexity index is 79.7. The number of hydrogen-bond donors (Lipinski definition) is 4. The maximum Gasteiger partial charge on any atom is 0.0788 e. The van der Waals surface area contributed by atoms with Crippen LogP contribution >= 0.6 is 0 Å². The quantitative estimate of drug-likeness (QED) is 0.316. The number of aliphatic hydroxyl groups is 2. The smallest absolute Gasteiger partial charge is 0.0788 e. The fourth-order valence-corrected chi connectivity index (χ4v) is 0.547. The highest BCUT2D eigenvalue weighted by Crippen LogP contribution is 1.85. The summed E-state index contributed by atoms with van der Waals surface area (Å²) in [6.07, 6.45) is -0.0926. The highest BCUT2D eigenvalue weighted by atomic mass is 16.3. The summed E-state index contributed by atoms with van der Waals surface area (Å²) < 4.78 is 0. The van der Waals surface area contributed by atoms with E-state index in [0.29, 0.717) is 0 Å². The van der Waals surface area contributed by atoms with E-state index in [9.17, 15) is 0 Å². The largest absolute Gasteiger partial charge is 0.390 e. The van der Waals surface area contributed by atoms with Crippen molar-refractivity contribution in [2.75, 3.05) is 26.2 Å². The number of rotatable bonds is 0. The van der Waals surface area contributed by atoms with Gasteiger partial charge in [0.1, 0.15) is 0 Å². The van der Waals surface area contributed by atoms with Gasteiger partial charge in [0, 0.05) is 26.2 Å². The molecule has 0 atom stereocenters. The van der Waals surface area contributed by atoms with Crippen LogP contribution in [0, 0.1) is 0 Å². The van der Waals surface area contributed by atoms with Crippen LogP contribution in [-0.4, -0.2) is 48.6 Å². The van der Waals surface area contributed by atoms with Gasteiger partial charge in [0.05, 0.1) is 12.2 Å². The molecule has 0 unspecified atom stereocenters. The Morgan fingerprint density at radius 2 is 1.00 bits per heavy atom. The first-order chi connectivity index (χ1) is 4.79. The standard InChI is InChI=1S/2C3H7NO/c2*5-3-1-4-2-3/h2*3-5H,1-2H2. The Hall–Kier alpha value is -0.160. The molecule has 0 radical (unpaired) electrons. The highest BCUT2D eigenvalue weighted by molar-refractivity contribution is 4.71. The lowest BCUT2D eigenvalue weighted by atomic mass is 10.2. The molecule has 60 valence electrons. The molecule has 0 aromatic rings. The Balaban J connectivity index is 0.0000001000. The molecule has 0 saturated carbocycles. The average Bonchev–Trinajstić information content (AvgIpc) is 1.80. The minimum atomic E-state index is -0.0463. The van der Waals surface area contributed by atoms with Gasteiger partial charge in [0.15, 0.2) is 0 Å². The van der Waals surface area contributed by atoms with Gasteiger partial charge in [-0.1, -0.05) is 0 Å². The van der Waals surface area contributed by atoms with Crippen molar-refractivity contribution in [1.82, 2.24) is 10.6 Å². The molecule has 0 aliphatic carbocycles. The van der Waals surface area contributed by atoms with E-state index in [1.165, 1.54) is 0 Å². The minimum Gasteiger partial charge on any atom is -0.390 e. The molecule has 2 rings (SSSR count). The average molecular weight is 146 g/mol. The van der Waals surface area contributed by atoms with Gasteiger partial charge < -0.3 is 20.8 Å². The normalized spacial score (nSPS) is 25.8. The van der Waals surface area contributed by atoms with E-state index >= 15 is 0 Å².